The SMILES string of the molecule is Br.CCN(C)P. The van der Waals surface area contributed by atoms with Crippen molar-refractivity contribution in [2.75, 3.05) is 13.6 Å². The standard InChI is InChI=1S/C3H10NP.BrH/c1-3-4(2)5;/h3,5H2,1-2H3;1H. The molecule has 40 valence electrons. The van der Waals surface area contributed by atoms with Gasteiger partial charge in [-0.25, -0.2) is 0 Å². The maximum atomic E-state index is 2.57. The van der Waals surface area contributed by atoms with E-state index < -0.39 is 0 Å². The molecule has 1 atom stereocenters. The fraction of sp³-hybridized carbons (Fsp3) is 1.00. The molecule has 0 aliphatic rings. The van der Waals surface area contributed by atoms with Crippen LogP contribution in [0.25, 0.3) is 0 Å². The van der Waals surface area contributed by atoms with Gasteiger partial charge in [0.05, 0.1) is 0 Å². The largest absolute Gasteiger partial charge is 0.291 e. The average molecular weight is 172 g/mol. The van der Waals surface area contributed by atoms with E-state index in [9.17, 15) is 0 Å². The highest BCUT2D eigenvalue weighted by molar-refractivity contribution is 8.93. The molecule has 0 saturated heterocycles. The minimum absolute atomic E-state index is 0. The summed E-state index contributed by atoms with van der Waals surface area (Å²) in [6.07, 6.45) is 0. The van der Waals surface area contributed by atoms with Crippen LogP contribution < -0.4 is 0 Å². The second-order valence-corrected chi connectivity index (χ2v) is 1.95. The molecule has 0 heterocycles. The molecule has 0 radical (unpaired) electrons. The molecule has 0 N–H and O–H groups in total. The van der Waals surface area contributed by atoms with Crippen molar-refractivity contribution in [3.05, 3.63) is 0 Å². The normalized spacial score (nSPS) is 8.00. The molecule has 0 saturated carbocycles. The Kier molecular flexibility index (Phi) is 9.76. The molecule has 0 aromatic rings. The minimum Gasteiger partial charge on any atom is -0.291 e. The molecule has 3 heteroatoms. The molecule has 0 fully saturated rings. The van der Waals surface area contributed by atoms with Crippen molar-refractivity contribution in [3.63, 3.8) is 0 Å². The van der Waals surface area contributed by atoms with Crippen molar-refractivity contribution < 1.29 is 0 Å². The number of nitrogens with zero attached hydrogens (tertiary/aromatic N) is 1. The first-order chi connectivity index (χ1) is 2.27. The zero-order valence-corrected chi connectivity index (χ0v) is 7.01. The Hall–Kier alpha value is 0.870. The quantitative estimate of drug-likeness (QED) is 0.539. The lowest BCUT2D eigenvalue weighted by Gasteiger charge is -1.99. The van der Waals surface area contributed by atoms with Crippen molar-refractivity contribution in [2.24, 2.45) is 0 Å². The van der Waals surface area contributed by atoms with E-state index in [1.165, 1.54) is 0 Å². The average Bonchev–Trinajstić information content (AvgIpc) is 1.38. The fourth-order valence-electron chi connectivity index (χ4n) is 0. The van der Waals surface area contributed by atoms with Gasteiger partial charge in [0.25, 0.3) is 0 Å². The number of hydrogen-bond donors (Lipinski definition) is 0. The van der Waals surface area contributed by atoms with Crippen LogP contribution >= 0.6 is 26.4 Å². The maximum absolute atomic E-state index is 2.57. The lowest BCUT2D eigenvalue weighted by molar-refractivity contribution is 0.602. The van der Waals surface area contributed by atoms with Crippen molar-refractivity contribution in [3.8, 4) is 0 Å². The first kappa shape index (κ1) is 9.98. The predicted octanol–water partition coefficient (Wildman–Crippen LogP) is 1.31. The van der Waals surface area contributed by atoms with Gasteiger partial charge in [-0.05, 0) is 13.6 Å². The van der Waals surface area contributed by atoms with Gasteiger partial charge in [-0.15, -0.1) is 17.0 Å². The van der Waals surface area contributed by atoms with Crippen LogP contribution in [-0.2, 0) is 0 Å². The summed E-state index contributed by atoms with van der Waals surface area (Å²) >= 11 is 0. The van der Waals surface area contributed by atoms with Gasteiger partial charge in [-0.2, -0.15) is 0 Å². The smallest absolute Gasteiger partial charge is 0.00154 e. The van der Waals surface area contributed by atoms with Gasteiger partial charge in [0.2, 0.25) is 0 Å². The summed E-state index contributed by atoms with van der Waals surface area (Å²) in [6.45, 7) is 3.21. The summed E-state index contributed by atoms with van der Waals surface area (Å²) in [4.78, 5) is 0. The van der Waals surface area contributed by atoms with Crippen molar-refractivity contribution >= 4 is 26.4 Å². The molecule has 1 unspecified atom stereocenters. The second kappa shape index (κ2) is 5.87. The minimum atomic E-state index is 0. The third-order valence-corrected chi connectivity index (χ3v) is 0.864. The van der Waals surface area contributed by atoms with Gasteiger partial charge in [-0.3, -0.25) is 4.67 Å². The number of halogens is 1. The summed E-state index contributed by atoms with van der Waals surface area (Å²) in [7, 11) is 4.59. The summed E-state index contributed by atoms with van der Waals surface area (Å²) in [5.74, 6) is 0. The van der Waals surface area contributed by atoms with Crippen molar-refractivity contribution in [1.29, 1.82) is 0 Å². The Bertz CT molecular complexity index is 24.8. The molecule has 0 spiro atoms. The highest BCUT2D eigenvalue weighted by Crippen LogP contribution is 1.86. The predicted molar refractivity (Wildman–Crippen MR) is 38.3 cm³/mol. The van der Waals surface area contributed by atoms with E-state index in [0.29, 0.717) is 0 Å². The Morgan fingerprint density at radius 1 is 1.67 bits per heavy atom. The van der Waals surface area contributed by atoms with Gasteiger partial charge >= 0.3 is 0 Å². The number of hydrogen-bond acceptors (Lipinski definition) is 1. The van der Waals surface area contributed by atoms with Gasteiger partial charge in [0, 0.05) is 0 Å². The molecule has 0 aliphatic carbocycles. The second-order valence-electron chi connectivity index (χ2n) is 1.07. The molecular formula is C3H11BrNP. The zero-order valence-electron chi connectivity index (χ0n) is 4.14. The van der Waals surface area contributed by atoms with Crippen LogP contribution in [0.3, 0.4) is 0 Å². The molecule has 0 amide bonds. The van der Waals surface area contributed by atoms with E-state index in [1.807, 2.05) is 11.7 Å². The van der Waals surface area contributed by atoms with E-state index in [2.05, 4.69) is 16.3 Å². The highest BCUT2D eigenvalue weighted by Gasteiger charge is 1.72. The van der Waals surface area contributed by atoms with Crippen LogP contribution in [0.15, 0.2) is 0 Å². The molecule has 1 nitrogen and oxygen atoms in total. The van der Waals surface area contributed by atoms with Gasteiger partial charge in [0.1, 0.15) is 0 Å². The van der Waals surface area contributed by atoms with E-state index in [4.69, 9.17) is 0 Å². The van der Waals surface area contributed by atoms with E-state index in [-0.39, 0.29) is 17.0 Å². The third-order valence-electron chi connectivity index (χ3n) is 0.499. The van der Waals surface area contributed by atoms with E-state index in [1.54, 1.807) is 0 Å². The van der Waals surface area contributed by atoms with Crippen LogP contribution in [0.5, 0.6) is 0 Å². The summed E-state index contributed by atoms with van der Waals surface area (Å²) in [5.41, 5.74) is 0. The summed E-state index contributed by atoms with van der Waals surface area (Å²) < 4.78 is 2.04. The van der Waals surface area contributed by atoms with Crippen LogP contribution in [-0.4, -0.2) is 18.3 Å². The topological polar surface area (TPSA) is 3.24 Å². The third kappa shape index (κ3) is 8.85. The molecule has 0 aromatic carbocycles. The first-order valence-electron chi connectivity index (χ1n) is 1.73. The Balaban J connectivity index is 0. The van der Waals surface area contributed by atoms with Crippen LogP contribution in [0.2, 0.25) is 0 Å². The lowest BCUT2D eigenvalue weighted by atomic mass is 10.8. The molecular weight excluding hydrogens is 161 g/mol. The number of rotatable bonds is 1. The van der Waals surface area contributed by atoms with Crippen molar-refractivity contribution in [1.82, 2.24) is 4.67 Å². The Morgan fingerprint density at radius 2 is 1.83 bits per heavy atom. The van der Waals surface area contributed by atoms with Crippen molar-refractivity contribution in [2.45, 2.75) is 6.92 Å². The van der Waals surface area contributed by atoms with Gasteiger partial charge < -0.3 is 0 Å². The lowest BCUT2D eigenvalue weighted by Crippen LogP contribution is -1.99. The summed E-state index contributed by atoms with van der Waals surface area (Å²) in [6, 6.07) is 0. The molecule has 0 aliphatic heterocycles. The van der Waals surface area contributed by atoms with Crippen LogP contribution in [0.4, 0.5) is 0 Å². The molecule has 0 aromatic heterocycles. The molecule has 0 rings (SSSR count). The first-order valence-corrected chi connectivity index (χ1v) is 2.25. The monoisotopic (exact) mass is 171 g/mol. The van der Waals surface area contributed by atoms with Crippen LogP contribution in [0.1, 0.15) is 6.92 Å². The maximum Gasteiger partial charge on any atom is -0.00154 e. The van der Waals surface area contributed by atoms with Gasteiger partial charge in [-0.1, -0.05) is 16.3 Å². The Labute approximate surface area is 52.1 Å². The molecule has 6 heavy (non-hydrogen) atoms. The van der Waals surface area contributed by atoms with E-state index >= 15 is 0 Å². The van der Waals surface area contributed by atoms with E-state index in [0.717, 1.165) is 6.54 Å². The highest BCUT2D eigenvalue weighted by atomic mass is 79.9. The Morgan fingerprint density at radius 3 is 1.83 bits per heavy atom. The fourth-order valence-corrected chi connectivity index (χ4v) is 0. The van der Waals surface area contributed by atoms with Gasteiger partial charge in [0.15, 0.2) is 0 Å². The van der Waals surface area contributed by atoms with Crippen LogP contribution in [0, 0.1) is 0 Å². The molecule has 0 bridgehead atoms. The summed E-state index contributed by atoms with van der Waals surface area (Å²) in [5, 5.41) is 0. The zero-order chi connectivity index (χ0) is 4.28.